The number of nitrogens with zero attached hydrogens (tertiary/aromatic N) is 2. The van der Waals surface area contributed by atoms with Gasteiger partial charge in [-0.05, 0) is 26.8 Å². The first-order chi connectivity index (χ1) is 7.47. The van der Waals surface area contributed by atoms with Crippen molar-refractivity contribution in [1.29, 1.82) is 0 Å². The predicted octanol–water partition coefficient (Wildman–Crippen LogP) is 2.19. The number of anilines is 1. The Bertz CT molecular complexity index is 393. The van der Waals surface area contributed by atoms with Crippen LogP contribution in [-0.2, 0) is 0 Å². The molecule has 5 heteroatoms. The zero-order valence-corrected chi connectivity index (χ0v) is 10.5. The van der Waals surface area contributed by atoms with Crippen molar-refractivity contribution < 1.29 is 4.79 Å². The minimum absolute atomic E-state index is 0.120. The lowest BCUT2D eigenvalue weighted by molar-refractivity contribution is 0.0717. The zero-order chi connectivity index (χ0) is 12.3. The van der Waals surface area contributed by atoms with Crippen LogP contribution in [0.25, 0.3) is 0 Å². The molecule has 0 aromatic carbocycles. The molecule has 0 aliphatic rings. The molecule has 2 N–H and O–H groups in total. The van der Waals surface area contributed by atoms with Crippen LogP contribution in [0.4, 0.5) is 5.69 Å². The van der Waals surface area contributed by atoms with Gasteiger partial charge in [0.05, 0.1) is 17.4 Å². The summed E-state index contributed by atoms with van der Waals surface area (Å²) >= 11 is 5.88. The highest BCUT2D eigenvalue weighted by atomic mass is 35.5. The minimum atomic E-state index is -0.137. The maximum absolute atomic E-state index is 12.1. The zero-order valence-electron chi connectivity index (χ0n) is 9.70. The molecular weight excluding hydrogens is 226 g/mol. The van der Waals surface area contributed by atoms with E-state index in [2.05, 4.69) is 4.98 Å². The molecule has 1 aromatic rings. The molecule has 0 unspecified atom stereocenters. The van der Waals surface area contributed by atoms with Crippen LogP contribution in [0.15, 0.2) is 12.3 Å². The molecule has 1 amide bonds. The summed E-state index contributed by atoms with van der Waals surface area (Å²) < 4.78 is 0. The summed E-state index contributed by atoms with van der Waals surface area (Å²) in [7, 11) is 0. The molecule has 0 atom stereocenters. The second kappa shape index (κ2) is 5.16. The van der Waals surface area contributed by atoms with Crippen molar-refractivity contribution in [2.24, 2.45) is 0 Å². The van der Waals surface area contributed by atoms with Gasteiger partial charge in [-0.3, -0.25) is 4.79 Å². The molecule has 0 aliphatic carbocycles. The Kier molecular flexibility index (Phi) is 4.12. The monoisotopic (exact) mass is 241 g/mol. The van der Waals surface area contributed by atoms with E-state index in [0.29, 0.717) is 17.8 Å². The maximum atomic E-state index is 12.1. The Morgan fingerprint density at radius 1 is 1.62 bits per heavy atom. The van der Waals surface area contributed by atoms with Gasteiger partial charge < -0.3 is 10.6 Å². The fourth-order valence-corrected chi connectivity index (χ4v) is 1.70. The molecule has 0 radical (unpaired) electrons. The first kappa shape index (κ1) is 12.8. The summed E-state index contributed by atoms with van der Waals surface area (Å²) in [6.07, 6.45) is 1.44. The molecule has 0 saturated heterocycles. The van der Waals surface area contributed by atoms with Crippen LogP contribution < -0.4 is 5.73 Å². The number of carbonyl (C=O) groups excluding carboxylic acids is 1. The van der Waals surface area contributed by atoms with E-state index >= 15 is 0 Å². The smallest absolute Gasteiger partial charge is 0.257 e. The van der Waals surface area contributed by atoms with Crippen molar-refractivity contribution in [3.63, 3.8) is 0 Å². The van der Waals surface area contributed by atoms with E-state index < -0.39 is 0 Å². The van der Waals surface area contributed by atoms with Gasteiger partial charge in [-0.25, -0.2) is 4.98 Å². The Morgan fingerprint density at radius 2 is 2.25 bits per heavy atom. The van der Waals surface area contributed by atoms with E-state index in [-0.39, 0.29) is 17.1 Å². The van der Waals surface area contributed by atoms with Gasteiger partial charge in [-0.2, -0.15) is 0 Å². The van der Waals surface area contributed by atoms with E-state index in [1.54, 1.807) is 11.0 Å². The number of pyridine rings is 1. The average Bonchev–Trinajstić information content (AvgIpc) is 2.22. The summed E-state index contributed by atoms with van der Waals surface area (Å²) in [6, 6.07) is 1.68. The van der Waals surface area contributed by atoms with Crippen LogP contribution in [0.5, 0.6) is 0 Å². The lowest BCUT2D eigenvalue weighted by Gasteiger charge is -2.25. The van der Waals surface area contributed by atoms with E-state index in [4.69, 9.17) is 17.3 Å². The standard InChI is InChI=1S/C11H16ClN3O/c1-4-15(7(2)3)11(16)9-5-8(13)6-14-10(9)12/h5-7H,4,13H2,1-3H3. The number of hydrogen-bond acceptors (Lipinski definition) is 3. The van der Waals surface area contributed by atoms with Crippen molar-refractivity contribution in [1.82, 2.24) is 9.88 Å². The number of halogens is 1. The molecule has 1 heterocycles. The fourth-order valence-electron chi connectivity index (χ4n) is 1.51. The van der Waals surface area contributed by atoms with Crippen LogP contribution in [0.2, 0.25) is 5.15 Å². The quantitative estimate of drug-likeness (QED) is 0.826. The fraction of sp³-hybridized carbons (Fsp3) is 0.455. The Labute approximate surface area is 100 Å². The number of aromatic nitrogens is 1. The third-order valence-electron chi connectivity index (χ3n) is 2.32. The predicted molar refractivity (Wildman–Crippen MR) is 65.5 cm³/mol. The Hall–Kier alpha value is -1.29. The first-order valence-electron chi connectivity index (χ1n) is 5.19. The number of rotatable bonds is 3. The molecule has 0 aliphatic heterocycles. The summed E-state index contributed by atoms with van der Waals surface area (Å²) in [5.74, 6) is -0.137. The van der Waals surface area contributed by atoms with Gasteiger partial charge in [0, 0.05) is 12.6 Å². The van der Waals surface area contributed by atoms with E-state index in [1.807, 2.05) is 20.8 Å². The highest BCUT2D eigenvalue weighted by Crippen LogP contribution is 2.18. The number of nitrogens with two attached hydrogens (primary N) is 1. The molecule has 1 aromatic heterocycles. The van der Waals surface area contributed by atoms with Crippen LogP contribution >= 0.6 is 11.6 Å². The molecule has 1 rings (SSSR count). The molecule has 16 heavy (non-hydrogen) atoms. The second-order valence-electron chi connectivity index (χ2n) is 3.79. The van der Waals surface area contributed by atoms with Gasteiger partial charge in [0.15, 0.2) is 0 Å². The highest BCUT2D eigenvalue weighted by Gasteiger charge is 2.20. The third-order valence-corrected chi connectivity index (χ3v) is 2.62. The Balaban J connectivity index is 3.08. The van der Waals surface area contributed by atoms with Gasteiger partial charge in [-0.15, -0.1) is 0 Å². The molecule has 0 saturated carbocycles. The van der Waals surface area contributed by atoms with E-state index in [0.717, 1.165) is 0 Å². The highest BCUT2D eigenvalue weighted by molar-refractivity contribution is 6.32. The number of hydrogen-bond donors (Lipinski definition) is 1. The topological polar surface area (TPSA) is 59.2 Å². The van der Waals surface area contributed by atoms with Crippen molar-refractivity contribution in [3.05, 3.63) is 23.0 Å². The molecule has 0 fully saturated rings. The maximum Gasteiger partial charge on any atom is 0.257 e. The molecule has 88 valence electrons. The number of nitrogen functional groups attached to an aromatic ring is 1. The minimum Gasteiger partial charge on any atom is -0.397 e. The first-order valence-corrected chi connectivity index (χ1v) is 5.57. The second-order valence-corrected chi connectivity index (χ2v) is 4.15. The van der Waals surface area contributed by atoms with Crippen LogP contribution in [0.1, 0.15) is 31.1 Å². The third kappa shape index (κ3) is 2.64. The number of carbonyl (C=O) groups is 1. The van der Waals surface area contributed by atoms with E-state index in [9.17, 15) is 4.79 Å². The SMILES string of the molecule is CCN(C(=O)c1cc(N)cnc1Cl)C(C)C. The largest absolute Gasteiger partial charge is 0.397 e. The molecule has 4 nitrogen and oxygen atoms in total. The lowest BCUT2D eigenvalue weighted by Crippen LogP contribution is -2.36. The van der Waals surface area contributed by atoms with Crippen LogP contribution in [-0.4, -0.2) is 28.4 Å². The molecule has 0 bridgehead atoms. The number of amides is 1. The van der Waals surface area contributed by atoms with Gasteiger partial charge >= 0.3 is 0 Å². The van der Waals surface area contributed by atoms with Crippen molar-refractivity contribution >= 4 is 23.2 Å². The average molecular weight is 242 g/mol. The van der Waals surface area contributed by atoms with Gasteiger partial charge in [0.2, 0.25) is 0 Å². The van der Waals surface area contributed by atoms with Crippen LogP contribution in [0.3, 0.4) is 0 Å². The molecule has 0 spiro atoms. The molecular formula is C11H16ClN3O. The summed E-state index contributed by atoms with van der Waals surface area (Å²) in [5.41, 5.74) is 6.39. The lowest BCUT2D eigenvalue weighted by atomic mass is 10.2. The summed E-state index contributed by atoms with van der Waals surface area (Å²) in [6.45, 7) is 6.46. The van der Waals surface area contributed by atoms with Crippen molar-refractivity contribution in [3.8, 4) is 0 Å². The normalized spacial score (nSPS) is 10.6. The van der Waals surface area contributed by atoms with Crippen LogP contribution in [0, 0.1) is 0 Å². The van der Waals surface area contributed by atoms with E-state index in [1.165, 1.54) is 6.20 Å². The summed E-state index contributed by atoms with van der Waals surface area (Å²) in [4.78, 5) is 17.7. The summed E-state index contributed by atoms with van der Waals surface area (Å²) in [5, 5.41) is 0.193. The van der Waals surface area contributed by atoms with Gasteiger partial charge in [-0.1, -0.05) is 11.6 Å². The van der Waals surface area contributed by atoms with Gasteiger partial charge in [0.25, 0.3) is 5.91 Å². The Morgan fingerprint density at radius 3 is 2.75 bits per heavy atom. The van der Waals surface area contributed by atoms with Gasteiger partial charge in [0.1, 0.15) is 5.15 Å². The van der Waals surface area contributed by atoms with Crippen molar-refractivity contribution in [2.75, 3.05) is 12.3 Å². The van der Waals surface area contributed by atoms with Crippen molar-refractivity contribution in [2.45, 2.75) is 26.8 Å².